The first-order valence-electron chi connectivity index (χ1n) is 3.72. The maximum absolute atomic E-state index is 9.77. The van der Waals surface area contributed by atoms with Crippen molar-refractivity contribution in [3.05, 3.63) is 12.2 Å². The molecule has 0 amide bonds. The van der Waals surface area contributed by atoms with Crippen LogP contribution in [-0.4, -0.2) is 86.3 Å². The van der Waals surface area contributed by atoms with Gasteiger partial charge in [0.2, 0.25) is 0 Å². The Hall–Kier alpha value is -0.630. The molecule has 0 unspecified atom stereocenters. The van der Waals surface area contributed by atoms with E-state index in [1.165, 1.54) is 0 Å². The first kappa shape index (κ1) is 20.7. The van der Waals surface area contributed by atoms with Crippen LogP contribution in [0.1, 0.15) is 0 Å². The van der Waals surface area contributed by atoms with Crippen LogP contribution in [0.2, 0.25) is 0 Å². The van der Waals surface area contributed by atoms with Crippen molar-refractivity contribution >= 4 is 55.6 Å². The van der Waals surface area contributed by atoms with Crippen molar-refractivity contribution in [1.29, 1.82) is 0 Å². The summed E-state index contributed by atoms with van der Waals surface area (Å²) in [5.74, 6) is -3.88. The summed E-state index contributed by atoms with van der Waals surface area (Å²) in [6.07, 6.45) is 0.769. The first-order valence-corrected chi connectivity index (χ1v) is 3.72. The van der Waals surface area contributed by atoms with Crippen molar-refractivity contribution in [3.8, 4) is 0 Å². The Kier molecular flexibility index (Phi) is 16.1. The van der Waals surface area contributed by atoms with Crippen molar-refractivity contribution in [1.82, 2.24) is 4.90 Å². The molecule has 0 rings (SSSR count). The van der Waals surface area contributed by atoms with Gasteiger partial charge < -0.3 is 24.9 Å². The minimum absolute atomic E-state index is 0. The number of carboxylic acid groups (broad SMARTS) is 3. The Morgan fingerprint density at radius 2 is 1.44 bits per heavy atom. The van der Waals surface area contributed by atoms with Gasteiger partial charge in [-0.05, 0) is 26.2 Å². The van der Waals surface area contributed by atoms with Crippen LogP contribution in [-0.2, 0) is 14.4 Å². The Morgan fingerprint density at radius 1 is 1.12 bits per heavy atom. The van der Waals surface area contributed by atoms with Crippen molar-refractivity contribution < 1.29 is 29.7 Å². The molecule has 0 saturated carbocycles. The number of hydrogen-bond donors (Lipinski definition) is 1. The Labute approximate surface area is 122 Å². The number of rotatable bonds is 4. The number of aliphatic carboxylic acids is 3. The number of likely N-dealkylation sites (N-methyl/N-ethyl adjacent to an activating group) is 1. The van der Waals surface area contributed by atoms with Crippen molar-refractivity contribution in [2.24, 2.45) is 0 Å². The summed E-state index contributed by atoms with van der Waals surface area (Å²) in [6, 6.07) is 0. The number of carbonyl (C=O) groups excluding carboxylic acids is 2. The molecule has 0 fully saturated rings. The molecule has 16 heavy (non-hydrogen) atoms. The summed E-state index contributed by atoms with van der Waals surface area (Å²) in [5.41, 5.74) is 0. The van der Waals surface area contributed by atoms with E-state index in [4.69, 9.17) is 5.11 Å². The van der Waals surface area contributed by atoms with Crippen LogP contribution >= 0.6 is 0 Å². The van der Waals surface area contributed by atoms with Gasteiger partial charge in [-0.2, -0.15) is 0 Å². The van der Waals surface area contributed by atoms with Gasteiger partial charge in [0.25, 0.3) is 0 Å². The van der Waals surface area contributed by atoms with Crippen LogP contribution in [0, 0.1) is 0 Å². The molecule has 0 atom stereocenters. The van der Waals surface area contributed by atoms with Crippen LogP contribution in [0.5, 0.6) is 0 Å². The van der Waals surface area contributed by atoms with Gasteiger partial charge in [-0.15, -0.1) is 0 Å². The monoisotopic (exact) mass is 257 g/mol. The van der Waals surface area contributed by atoms with Gasteiger partial charge in [0, 0.05) is 0 Å². The topological polar surface area (TPSA) is 121 Å². The Morgan fingerprint density at radius 3 is 1.50 bits per heavy atom. The van der Waals surface area contributed by atoms with Gasteiger partial charge >= 0.3 is 43.7 Å². The summed E-state index contributed by atoms with van der Waals surface area (Å²) in [5, 5.41) is 26.9. The van der Waals surface area contributed by atoms with Gasteiger partial charge in [-0.3, -0.25) is 9.69 Å². The van der Waals surface area contributed by atoms with Gasteiger partial charge in [0.1, 0.15) is 0 Å². The molecular weight excluding hydrogens is 246 g/mol. The molecule has 8 heteroatoms. The van der Waals surface area contributed by atoms with Crippen molar-refractivity contribution in [3.63, 3.8) is 0 Å². The van der Waals surface area contributed by atoms with Crippen LogP contribution < -0.4 is 10.2 Å². The molecule has 0 radical (unpaired) electrons. The standard InChI is InChI=1S/C4H9NO2.C4H4O4.Ca/c1-5(2)3-4(6)7;5-3(6)1-2-4(7)8;/h3H2,1-2H3,(H,6,7);1-2H,(H,5,6)(H,7,8);/q;;+2/p-2/b;2-1-;. The van der Waals surface area contributed by atoms with E-state index >= 15 is 0 Å². The average Bonchev–Trinajstić information content (AvgIpc) is 1.99. The second kappa shape index (κ2) is 12.4. The van der Waals surface area contributed by atoms with E-state index in [0.717, 1.165) is 0 Å². The second-order valence-corrected chi connectivity index (χ2v) is 2.60. The van der Waals surface area contributed by atoms with E-state index in [-0.39, 0.29) is 44.3 Å². The quantitative estimate of drug-likeness (QED) is 0.406. The van der Waals surface area contributed by atoms with Crippen LogP contribution in [0.4, 0.5) is 0 Å². The molecule has 86 valence electrons. The van der Waals surface area contributed by atoms with Crippen LogP contribution in [0.3, 0.4) is 0 Å². The number of carbonyl (C=O) groups is 3. The van der Waals surface area contributed by atoms with Crippen molar-refractivity contribution in [2.75, 3.05) is 20.6 Å². The minimum Gasteiger partial charge on any atom is -0.545 e. The predicted octanol–water partition coefficient (Wildman–Crippen LogP) is -3.71. The number of hydrogen-bond acceptors (Lipinski definition) is 6. The van der Waals surface area contributed by atoms with E-state index < -0.39 is 17.9 Å². The summed E-state index contributed by atoms with van der Waals surface area (Å²) in [6.45, 7) is 0.111. The number of nitrogens with zero attached hydrogens (tertiary/aromatic N) is 1. The number of carboxylic acids is 3. The smallest absolute Gasteiger partial charge is 0.545 e. The van der Waals surface area contributed by atoms with Gasteiger partial charge in [0.15, 0.2) is 0 Å². The molecule has 0 aromatic heterocycles. The Bertz CT molecular complexity index is 247. The fourth-order valence-corrected chi connectivity index (χ4v) is 0.407. The fourth-order valence-electron chi connectivity index (χ4n) is 0.407. The molecular formula is C8H11CaNO6. The predicted molar refractivity (Wildman–Crippen MR) is 51.1 cm³/mol. The maximum Gasteiger partial charge on any atom is 2.00 e. The van der Waals surface area contributed by atoms with E-state index in [1.54, 1.807) is 19.0 Å². The molecule has 0 aromatic carbocycles. The third kappa shape index (κ3) is 29.2. The largest absolute Gasteiger partial charge is 2.00 e. The fraction of sp³-hybridized carbons (Fsp3) is 0.375. The van der Waals surface area contributed by atoms with E-state index in [2.05, 4.69) is 0 Å². The van der Waals surface area contributed by atoms with Gasteiger partial charge in [-0.25, -0.2) is 0 Å². The van der Waals surface area contributed by atoms with E-state index in [9.17, 15) is 24.6 Å². The normalized spacial score (nSPS) is 8.94. The zero-order valence-electron chi connectivity index (χ0n) is 9.00. The molecule has 0 bridgehead atoms. The Balaban J connectivity index is -0.000000200. The molecule has 7 nitrogen and oxygen atoms in total. The van der Waals surface area contributed by atoms with E-state index in [0.29, 0.717) is 12.2 Å². The molecule has 0 heterocycles. The van der Waals surface area contributed by atoms with Gasteiger partial charge in [-0.1, -0.05) is 0 Å². The summed E-state index contributed by atoms with van der Waals surface area (Å²) >= 11 is 0. The van der Waals surface area contributed by atoms with Crippen molar-refractivity contribution in [2.45, 2.75) is 0 Å². The molecule has 0 aromatic rings. The van der Waals surface area contributed by atoms with Crippen LogP contribution in [0.25, 0.3) is 0 Å². The zero-order valence-corrected chi connectivity index (χ0v) is 11.2. The summed E-state index contributed by atoms with van der Waals surface area (Å²) in [4.78, 5) is 30.2. The first-order chi connectivity index (χ1) is 6.75. The average molecular weight is 257 g/mol. The van der Waals surface area contributed by atoms with E-state index in [1.807, 2.05) is 0 Å². The van der Waals surface area contributed by atoms with Gasteiger partial charge in [0.05, 0.1) is 18.5 Å². The molecule has 0 aliphatic carbocycles. The summed E-state index contributed by atoms with van der Waals surface area (Å²) < 4.78 is 0. The molecule has 0 spiro atoms. The second-order valence-electron chi connectivity index (χ2n) is 2.60. The molecule has 1 N–H and O–H groups in total. The van der Waals surface area contributed by atoms with Crippen LogP contribution in [0.15, 0.2) is 12.2 Å². The maximum atomic E-state index is 9.77. The third-order valence-electron chi connectivity index (χ3n) is 0.807. The zero-order chi connectivity index (χ0) is 12.4. The minimum atomic E-state index is -1.55. The molecule has 0 aliphatic rings. The SMILES string of the molecule is CN(C)CC(=O)O.O=C([O-])/C=C\C(=O)[O-].[Ca+2]. The molecule has 0 aliphatic heterocycles. The third-order valence-corrected chi connectivity index (χ3v) is 0.807. The molecule has 0 saturated heterocycles. The summed E-state index contributed by atoms with van der Waals surface area (Å²) in [7, 11) is 3.43.